The summed E-state index contributed by atoms with van der Waals surface area (Å²) in [5.41, 5.74) is 5.89. The van der Waals surface area contributed by atoms with Gasteiger partial charge in [-0.15, -0.1) is 0 Å². The Labute approximate surface area is 350 Å². The number of imide groups is 1. The van der Waals surface area contributed by atoms with Gasteiger partial charge in [0.25, 0.3) is 23.6 Å². The monoisotopic (exact) mass is 808 g/mol. The van der Waals surface area contributed by atoms with Crippen molar-refractivity contribution in [3.63, 3.8) is 0 Å². The number of unbranched alkanes of at least 4 members (excludes halogenated alkanes) is 6. The molecule has 13 heteroatoms. The van der Waals surface area contributed by atoms with E-state index in [-0.39, 0.29) is 23.8 Å². The van der Waals surface area contributed by atoms with E-state index in [1.54, 1.807) is 36.3 Å². The number of aryl methyl sites for hydroxylation is 1. The lowest BCUT2D eigenvalue weighted by molar-refractivity contribution is -0.125. The number of benzene rings is 3. The molecule has 3 N–H and O–H groups in total. The molecule has 8 rings (SSSR count). The van der Waals surface area contributed by atoms with Crippen LogP contribution in [0.3, 0.4) is 0 Å². The van der Waals surface area contributed by atoms with E-state index in [1.165, 1.54) is 0 Å². The van der Waals surface area contributed by atoms with E-state index in [1.807, 2.05) is 48.5 Å². The number of carbonyl (C=O) groups excluding carboxylic acids is 5. The molecule has 1 aliphatic carbocycles. The maximum atomic E-state index is 13.5. The van der Waals surface area contributed by atoms with Crippen molar-refractivity contribution in [3.05, 3.63) is 113 Å². The number of para-hydroxylation sites is 1. The SMILES string of the molecule is C=C1CCC(N2C(=O)c3ccc(CCCCCCCCCNC(=O)c4ccc(Nc5ncc6c(n5)N(C5CCCC5)c5ccccc5C(=O)N6C)cc4)cc3C2=O)C(=O)N1. The van der Waals surface area contributed by atoms with Gasteiger partial charge in [0, 0.05) is 36.6 Å². The number of aromatic nitrogens is 2. The lowest BCUT2D eigenvalue weighted by Crippen LogP contribution is -2.51. The standard InChI is InChI=1S/C47H52N8O5/c1-30-19-26-39(43(57)50-30)55-45(59)35-25-20-31(28-37(35)46(55)60)14-8-6-4-3-5-7-13-27-48-42(56)32-21-23-33(24-22-32)51-47-49-29-40-41(52-47)54(34-15-9-10-16-34)38-18-12-11-17-36(38)44(58)53(40)2/h11-12,17-18,20-25,28-29,34,39H,1,3-10,13-16,19,26-27H2,2H3,(H,48,56)(H,50,57)(H,49,51,52). The second-order valence-corrected chi connectivity index (χ2v) is 16.3. The summed E-state index contributed by atoms with van der Waals surface area (Å²) in [6.07, 6.45) is 15.1. The second-order valence-electron chi connectivity index (χ2n) is 16.3. The number of allylic oxidation sites excluding steroid dienone is 1. The minimum Gasteiger partial charge on any atom is -0.352 e. The van der Waals surface area contributed by atoms with Gasteiger partial charge in [-0.1, -0.05) is 69.7 Å². The van der Waals surface area contributed by atoms with Gasteiger partial charge >= 0.3 is 0 Å². The van der Waals surface area contributed by atoms with E-state index in [0.717, 1.165) is 98.9 Å². The molecule has 13 nitrogen and oxygen atoms in total. The molecule has 0 bridgehead atoms. The van der Waals surface area contributed by atoms with Crippen LogP contribution in [0, 0.1) is 0 Å². The van der Waals surface area contributed by atoms with Crippen LogP contribution in [-0.2, 0) is 11.2 Å². The average molecular weight is 809 g/mol. The Morgan fingerprint density at radius 1 is 0.783 bits per heavy atom. The van der Waals surface area contributed by atoms with Crippen LogP contribution in [0.2, 0.25) is 0 Å². The normalized spacial score (nSPS) is 17.6. The molecule has 310 valence electrons. The Morgan fingerprint density at radius 3 is 2.27 bits per heavy atom. The van der Waals surface area contributed by atoms with Gasteiger partial charge in [0.2, 0.25) is 11.9 Å². The van der Waals surface area contributed by atoms with Gasteiger partial charge in [-0.25, -0.2) is 4.98 Å². The fourth-order valence-corrected chi connectivity index (χ4v) is 8.87. The second kappa shape index (κ2) is 17.9. The van der Waals surface area contributed by atoms with E-state index in [9.17, 15) is 24.0 Å². The largest absolute Gasteiger partial charge is 0.352 e. The highest BCUT2D eigenvalue weighted by molar-refractivity contribution is 6.23. The van der Waals surface area contributed by atoms with Crippen LogP contribution in [0.1, 0.15) is 130 Å². The lowest BCUT2D eigenvalue weighted by atomic mass is 10.0. The molecule has 1 saturated carbocycles. The molecule has 4 heterocycles. The summed E-state index contributed by atoms with van der Waals surface area (Å²) in [6, 6.07) is 19.9. The van der Waals surface area contributed by atoms with Gasteiger partial charge in [0.15, 0.2) is 5.82 Å². The first-order valence-corrected chi connectivity index (χ1v) is 21.4. The van der Waals surface area contributed by atoms with Crippen molar-refractivity contribution in [2.45, 2.75) is 102 Å². The topological polar surface area (TPSA) is 157 Å². The zero-order valence-electron chi connectivity index (χ0n) is 34.2. The molecule has 2 fully saturated rings. The van der Waals surface area contributed by atoms with Crippen molar-refractivity contribution < 1.29 is 24.0 Å². The number of piperidine rings is 1. The van der Waals surface area contributed by atoms with Crippen LogP contribution in [0.4, 0.5) is 28.8 Å². The fraction of sp³-hybridized carbons (Fsp3) is 0.383. The van der Waals surface area contributed by atoms with E-state index in [4.69, 9.17) is 4.98 Å². The van der Waals surface area contributed by atoms with Crippen LogP contribution in [0.25, 0.3) is 0 Å². The first-order valence-electron chi connectivity index (χ1n) is 21.4. The Balaban J connectivity index is 0.747. The van der Waals surface area contributed by atoms with Gasteiger partial charge in [0.1, 0.15) is 11.7 Å². The molecular formula is C47H52N8O5. The highest BCUT2D eigenvalue weighted by Gasteiger charge is 2.44. The smallest absolute Gasteiger partial charge is 0.262 e. The predicted molar refractivity (Wildman–Crippen MR) is 231 cm³/mol. The first-order chi connectivity index (χ1) is 29.2. The molecule has 1 saturated heterocycles. The van der Waals surface area contributed by atoms with Crippen molar-refractivity contribution in [1.82, 2.24) is 25.5 Å². The number of amides is 5. The van der Waals surface area contributed by atoms with Gasteiger partial charge < -0.3 is 25.8 Å². The van der Waals surface area contributed by atoms with Crippen molar-refractivity contribution in [2.75, 3.05) is 28.7 Å². The molecule has 1 atom stereocenters. The summed E-state index contributed by atoms with van der Waals surface area (Å²) in [5, 5.41) is 9.01. The maximum Gasteiger partial charge on any atom is 0.262 e. The van der Waals surface area contributed by atoms with Crippen LogP contribution >= 0.6 is 0 Å². The van der Waals surface area contributed by atoms with E-state index < -0.39 is 17.9 Å². The number of nitrogens with zero attached hydrogens (tertiary/aromatic N) is 5. The third kappa shape index (κ3) is 8.39. The molecule has 3 aromatic carbocycles. The van der Waals surface area contributed by atoms with Crippen molar-refractivity contribution >= 4 is 58.4 Å². The molecule has 60 heavy (non-hydrogen) atoms. The summed E-state index contributed by atoms with van der Waals surface area (Å²) in [6.45, 7) is 4.39. The Kier molecular flexibility index (Phi) is 12.0. The molecule has 1 unspecified atom stereocenters. The quantitative estimate of drug-likeness (QED) is 0.0801. The molecule has 4 aromatic rings. The highest BCUT2D eigenvalue weighted by atomic mass is 16.2. The Hall–Kier alpha value is -6.37. The summed E-state index contributed by atoms with van der Waals surface area (Å²) in [7, 11) is 1.77. The lowest BCUT2D eigenvalue weighted by Gasteiger charge is -2.31. The van der Waals surface area contributed by atoms with Crippen LogP contribution in [0.15, 0.2) is 85.2 Å². The van der Waals surface area contributed by atoms with Crippen LogP contribution < -0.4 is 25.8 Å². The molecule has 3 aliphatic heterocycles. The van der Waals surface area contributed by atoms with Gasteiger partial charge in [-0.2, -0.15) is 4.98 Å². The fourth-order valence-electron chi connectivity index (χ4n) is 8.87. The predicted octanol–water partition coefficient (Wildman–Crippen LogP) is 7.98. The number of anilines is 5. The van der Waals surface area contributed by atoms with Crippen molar-refractivity contribution in [2.24, 2.45) is 0 Å². The Bertz CT molecular complexity index is 2320. The number of rotatable bonds is 15. The minimum absolute atomic E-state index is 0.0851. The van der Waals surface area contributed by atoms with Crippen molar-refractivity contribution in [3.8, 4) is 0 Å². The maximum absolute atomic E-state index is 13.5. The van der Waals surface area contributed by atoms with Crippen LogP contribution in [0.5, 0.6) is 0 Å². The number of hydrogen-bond acceptors (Lipinski definition) is 9. The van der Waals surface area contributed by atoms with E-state index >= 15 is 0 Å². The zero-order chi connectivity index (χ0) is 41.8. The Morgan fingerprint density at radius 2 is 1.50 bits per heavy atom. The van der Waals surface area contributed by atoms with Gasteiger partial charge in [-0.3, -0.25) is 28.9 Å². The van der Waals surface area contributed by atoms with Gasteiger partial charge in [-0.05, 0) is 99.0 Å². The molecule has 4 aliphatic rings. The third-order valence-electron chi connectivity index (χ3n) is 12.2. The minimum atomic E-state index is -0.801. The van der Waals surface area contributed by atoms with Gasteiger partial charge in [0.05, 0.1) is 28.6 Å². The third-order valence-corrected chi connectivity index (χ3v) is 12.2. The number of carbonyl (C=O) groups is 5. The molecule has 0 spiro atoms. The summed E-state index contributed by atoms with van der Waals surface area (Å²) < 4.78 is 0. The average Bonchev–Trinajstić information content (AvgIpc) is 3.85. The molecule has 0 radical (unpaired) electrons. The number of hydrogen-bond donors (Lipinski definition) is 3. The van der Waals surface area contributed by atoms with Crippen molar-refractivity contribution in [1.29, 1.82) is 0 Å². The highest BCUT2D eigenvalue weighted by Crippen LogP contribution is 2.43. The zero-order valence-corrected chi connectivity index (χ0v) is 34.2. The molecule has 1 aromatic heterocycles. The summed E-state index contributed by atoms with van der Waals surface area (Å²) in [4.78, 5) is 79.5. The first kappa shape index (κ1) is 40.4. The summed E-state index contributed by atoms with van der Waals surface area (Å²) >= 11 is 0. The molecular weight excluding hydrogens is 757 g/mol. The number of fused-ring (bicyclic) bond motifs is 3. The van der Waals surface area contributed by atoms with E-state index in [0.29, 0.717) is 64.8 Å². The van der Waals surface area contributed by atoms with E-state index in [2.05, 4.69) is 32.4 Å². The summed E-state index contributed by atoms with van der Waals surface area (Å²) in [5.74, 6) is -0.239. The molecule has 5 amide bonds. The van der Waals surface area contributed by atoms with Crippen LogP contribution in [-0.4, -0.2) is 70.1 Å². The number of nitrogens with one attached hydrogen (secondary N) is 3.